The zero-order valence-corrected chi connectivity index (χ0v) is 17.2. The lowest BCUT2D eigenvalue weighted by atomic mass is 9.97. The molecule has 7 nitrogen and oxygen atoms in total. The Kier molecular flexibility index (Phi) is 6.51. The molecule has 1 aliphatic carbocycles. The van der Waals surface area contributed by atoms with E-state index in [0.29, 0.717) is 24.5 Å². The highest BCUT2D eigenvalue weighted by Gasteiger charge is 2.24. The summed E-state index contributed by atoms with van der Waals surface area (Å²) in [6, 6.07) is 6.01. The highest BCUT2D eigenvalue weighted by atomic mass is 32.2. The van der Waals surface area contributed by atoms with Crippen molar-refractivity contribution < 1.29 is 17.7 Å². The Labute approximate surface area is 166 Å². The van der Waals surface area contributed by atoms with E-state index >= 15 is 0 Å². The van der Waals surface area contributed by atoms with Gasteiger partial charge in [-0.3, -0.25) is 10.1 Å². The summed E-state index contributed by atoms with van der Waals surface area (Å²) >= 11 is 0. The number of anilines is 1. The fourth-order valence-electron chi connectivity index (χ4n) is 3.37. The van der Waals surface area contributed by atoms with Crippen LogP contribution in [-0.2, 0) is 22.9 Å². The first-order valence-electron chi connectivity index (χ1n) is 9.86. The maximum absolute atomic E-state index is 12.8. The Balaban J connectivity index is 1.73. The van der Waals surface area contributed by atoms with E-state index in [4.69, 9.17) is 4.52 Å². The fourth-order valence-corrected chi connectivity index (χ4v) is 4.86. The van der Waals surface area contributed by atoms with Crippen LogP contribution >= 0.6 is 0 Å². The predicted molar refractivity (Wildman–Crippen MR) is 107 cm³/mol. The van der Waals surface area contributed by atoms with Gasteiger partial charge in [-0.15, -0.1) is 0 Å². The van der Waals surface area contributed by atoms with Gasteiger partial charge in [0.05, 0.1) is 10.6 Å². The molecule has 1 heterocycles. The van der Waals surface area contributed by atoms with Gasteiger partial charge >= 0.3 is 0 Å². The molecule has 0 spiro atoms. The summed E-state index contributed by atoms with van der Waals surface area (Å²) in [5.41, 5.74) is 2.25. The van der Waals surface area contributed by atoms with E-state index in [2.05, 4.69) is 10.5 Å². The van der Waals surface area contributed by atoms with Crippen molar-refractivity contribution in [2.24, 2.45) is 0 Å². The second-order valence-corrected chi connectivity index (χ2v) is 8.91. The molecule has 0 fully saturated rings. The minimum absolute atomic E-state index is 0.194. The van der Waals surface area contributed by atoms with Crippen LogP contribution in [0.1, 0.15) is 61.1 Å². The molecule has 0 unspecified atom stereocenters. The molecule has 0 radical (unpaired) electrons. The van der Waals surface area contributed by atoms with Crippen molar-refractivity contribution in [2.45, 2.75) is 57.3 Å². The number of aromatic nitrogens is 1. The van der Waals surface area contributed by atoms with Crippen LogP contribution in [0.4, 0.5) is 5.88 Å². The Morgan fingerprint density at radius 3 is 2.57 bits per heavy atom. The summed E-state index contributed by atoms with van der Waals surface area (Å²) in [5.74, 6) is 0.0555. The van der Waals surface area contributed by atoms with Crippen LogP contribution in [0, 0.1) is 0 Å². The predicted octanol–water partition coefficient (Wildman–Crippen LogP) is 3.62. The number of aryl methyl sites for hydroxylation is 1. The Morgan fingerprint density at radius 1 is 1.18 bits per heavy atom. The van der Waals surface area contributed by atoms with Gasteiger partial charge in [-0.2, -0.15) is 4.31 Å². The number of unbranched alkanes of at least 4 members (excludes halogenated alkanes) is 1. The van der Waals surface area contributed by atoms with Crippen LogP contribution in [0.5, 0.6) is 0 Å². The van der Waals surface area contributed by atoms with Crippen LogP contribution in [0.2, 0.25) is 0 Å². The van der Waals surface area contributed by atoms with Gasteiger partial charge in [0.2, 0.25) is 15.9 Å². The first-order valence-corrected chi connectivity index (χ1v) is 11.3. The second kappa shape index (κ2) is 8.87. The lowest BCUT2D eigenvalue weighted by molar-refractivity contribution is 0.102. The molecular weight excluding hydrogens is 378 g/mol. The minimum Gasteiger partial charge on any atom is -0.338 e. The molecule has 0 saturated heterocycles. The SMILES string of the molecule is CCCCN(CC)S(=O)(=O)c1ccc(C(=O)Nc2onc3c2CCCC3)cc1. The minimum atomic E-state index is -3.55. The lowest BCUT2D eigenvalue weighted by Gasteiger charge is -2.20. The van der Waals surface area contributed by atoms with E-state index in [1.165, 1.54) is 28.6 Å². The largest absolute Gasteiger partial charge is 0.338 e. The van der Waals surface area contributed by atoms with Gasteiger partial charge in [-0.25, -0.2) is 8.42 Å². The molecule has 1 aromatic heterocycles. The number of hydrogen-bond donors (Lipinski definition) is 1. The Hall–Kier alpha value is -2.19. The molecule has 1 aliphatic rings. The topological polar surface area (TPSA) is 92.5 Å². The molecule has 8 heteroatoms. The molecule has 0 aliphatic heterocycles. The summed E-state index contributed by atoms with van der Waals surface area (Å²) in [5, 5.41) is 6.79. The highest BCUT2D eigenvalue weighted by molar-refractivity contribution is 7.89. The van der Waals surface area contributed by atoms with E-state index < -0.39 is 10.0 Å². The first-order chi connectivity index (χ1) is 13.5. The van der Waals surface area contributed by atoms with E-state index in [1.807, 2.05) is 13.8 Å². The zero-order chi connectivity index (χ0) is 20.1. The van der Waals surface area contributed by atoms with Gasteiger partial charge in [0.15, 0.2) is 0 Å². The number of carbonyl (C=O) groups excluding carboxylic acids is 1. The van der Waals surface area contributed by atoms with Crippen LogP contribution in [0.25, 0.3) is 0 Å². The normalized spacial score (nSPS) is 14.1. The Bertz CT molecular complexity index is 919. The summed E-state index contributed by atoms with van der Waals surface area (Å²) in [4.78, 5) is 12.7. The summed E-state index contributed by atoms with van der Waals surface area (Å²) in [7, 11) is -3.55. The third kappa shape index (κ3) is 4.28. The van der Waals surface area contributed by atoms with E-state index in [9.17, 15) is 13.2 Å². The van der Waals surface area contributed by atoms with Crippen LogP contribution in [-0.4, -0.2) is 36.9 Å². The van der Waals surface area contributed by atoms with Gasteiger partial charge < -0.3 is 4.52 Å². The second-order valence-electron chi connectivity index (χ2n) is 6.97. The number of hydrogen-bond acceptors (Lipinski definition) is 5. The van der Waals surface area contributed by atoms with E-state index in [1.54, 1.807) is 0 Å². The smallest absolute Gasteiger partial charge is 0.258 e. The molecule has 3 rings (SSSR count). The number of nitrogens with one attached hydrogen (secondary N) is 1. The number of amides is 1. The Morgan fingerprint density at radius 2 is 1.89 bits per heavy atom. The van der Waals surface area contributed by atoms with Gasteiger partial charge in [-0.05, 0) is 56.4 Å². The van der Waals surface area contributed by atoms with Crippen LogP contribution in [0.3, 0.4) is 0 Å². The van der Waals surface area contributed by atoms with E-state index in [-0.39, 0.29) is 10.8 Å². The van der Waals surface area contributed by atoms with E-state index in [0.717, 1.165) is 49.8 Å². The van der Waals surface area contributed by atoms with Crippen LogP contribution in [0.15, 0.2) is 33.7 Å². The third-order valence-electron chi connectivity index (χ3n) is 5.06. The first kappa shape index (κ1) is 20.5. The zero-order valence-electron chi connectivity index (χ0n) is 16.4. The monoisotopic (exact) mass is 405 g/mol. The quantitative estimate of drug-likeness (QED) is 0.724. The molecule has 0 saturated carbocycles. The molecule has 1 amide bonds. The number of carbonyl (C=O) groups is 1. The van der Waals surface area contributed by atoms with Gasteiger partial charge in [0, 0.05) is 24.2 Å². The highest BCUT2D eigenvalue weighted by Crippen LogP contribution is 2.28. The molecule has 28 heavy (non-hydrogen) atoms. The number of rotatable bonds is 8. The molecule has 0 atom stereocenters. The van der Waals surface area contributed by atoms with Crippen molar-refractivity contribution in [1.29, 1.82) is 0 Å². The van der Waals surface area contributed by atoms with Crippen molar-refractivity contribution in [3.63, 3.8) is 0 Å². The molecule has 152 valence electrons. The number of sulfonamides is 1. The lowest BCUT2D eigenvalue weighted by Crippen LogP contribution is -2.31. The fraction of sp³-hybridized carbons (Fsp3) is 0.500. The van der Waals surface area contributed by atoms with Gasteiger partial charge in [0.1, 0.15) is 0 Å². The average Bonchev–Trinajstić information content (AvgIpc) is 3.11. The maximum Gasteiger partial charge on any atom is 0.258 e. The molecule has 1 aromatic carbocycles. The molecular formula is C20H27N3O4S. The number of benzene rings is 1. The van der Waals surface area contributed by atoms with Crippen molar-refractivity contribution >= 4 is 21.8 Å². The number of nitrogens with zero attached hydrogens (tertiary/aromatic N) is 2. The van der Waals surface area contributed by atoms with Gasteiger partial charge in [0.25, 0.3) is 5.91 Å². The van der Waals surface area contributed by atoms with Crippen LogP contribution < -0.4 is 5.32 Å². The number of fused-ring (bicyclic) bond motifs is 1. The summed E-state index contributed by atoms with van der Waals surface area (Å²) in [6.07, 6.45) is 5.58. The average molecular weight is 406 g/mol. The summed E-state index contributed by atoms with van der Waals surface area (Å²) < 4.78 is 32.3. The van der Waals surface area contributed by atoms with Crippen molar-refractivity contribution in [3.8, 4) is 0 Å². The van der Waals surface area contributed by atoms with Crippen molar-refractivity contribution in [3.05, 3.63) is 41.1 Å². The van der Waals surface area contributed by atoms with Crippen molar-refractivity contribution in [1.82, 2.24) is 9.46 Å². The molecule has 1 N–H and O–H groups in total. The maximum atomic E-state index is 12.8. The standard InChI is InChI=1S/C20H27N3O4S/c1-3-5-14-23(4-2)28(25,26)16-12-10-15(11-13-16)19(24)21-20-17-8-6-7-9-18(17)22-27-20/h10-13H,3-9,14H2,1-2H3,(H,21,24). The van der Waals surface area contributed by atoms with Gasteiger partial charge in [-0.1, -0.05) is 25.4 Å². The third-order valence-corrected chi connectivity index (χ3v) is 7.04. The molecule has 2 aromatic rings. The summed E-state index contributed by atoms with van der Waals surface area (Å²) in [6.45, 7) is 4.77. The molecule has 0 bridgehead atoms. The van der Waals surface area contributed by atoms with Crippen molar-refractivity contribution in [2.75, 3.05) is 18.4 Å².